The Hall–Kier alpha value is -1.94. The lowest BCUT2D eigenvalue weighted by Crippen LogP contribution is -2.30. The van der Waals surface area contributed by atoms with E-state index < -0.39 is 97.5 Å². The Morgan fingerprint density at radius 1 is 0.310 bits per heavy atom. The van der Waals surface area contributed by atoms with E-state index in [1.54, 1.807) is 0 Å². The largest absolute Gasteiger partial charge is 0.472 e. The van der Waals surface area contributed by atoms with Gasteiger partial charge in [0.1, 0.15) is 19.3 Å². The van der Waals surface area contributed by atoms with Crippen LogP contribution in [0.5, 0.6) is 0 Å². The molecule has 0 rings (SSSR count). The van der Waals surface area contributed by atoms with Crippen LogP contribution in [-0.2, 0) is 65.4 Å². The zero-order chi connectivity index (χ0) is 64.3. The number of ether oxygens (including phenoxy) is 4. The van der Waals surface area contributed by atoms with Gasteiger partial charge in [0.05, 0.1) is 26.4 Å². The summed E-state index contributed by atoms with van der Waals surface area (Å²) in [5.74, 6) is -0.560. The molecule has 0 heterocycles. The third-order valence-electron chi connectivity index (χ3n) is 15.7. The van der Waals surface area contributed by atoms with E-state index in [-0.39, 0.29) is 25.7 Å². The number of hydrogen-bond acceptors (Lipinski definition) is 15. The molecular formula is C68H132O17P2. The van der Waals surface area contributed by atoms with Crippen molar-refractivity contribution in [3.63, 3.8) is 0 Å². The first kappa shape index (κ1) is 85.1. The number of phosphoric ester groups is 2. The van der Waals surface area contributed by atoms with E-state index in [0.717, 1.165) is 108 Å². The zero-order valence-electron chi connectivity index (χ0n) is 56.3. The SMILES string of the molecule is CCCCCCCCCCCCC(=O)O[C@H](COC(=O)CCCCCCC)COP(=O)(O)OC[C@H](O)COP(=O)(O)OC[C@@H](COC(=O)CCCCCCCCCCCCCCCC(C)C)OC(=O)CCCCCCCCCCCCCCCC(C)C. The molecule has 5 atom stereocenters. The summed E-state index contributed by atoms with van der Waals surface area (Å²) in [5.41, 5.74) is 0. The van der Waals surface area contributed by atoms with Gasteiger partial charge in [0, 0.05) is 25.7 Å². The smallest absolute Gasteiger partial charge is 0.462 e. The first-order valence-electron chi connectivity index (χ1n) is 35.5. The molecule has 0 saturated carbocycles. The molecular weight excluding hydrogens is 1150 g/mol. The lowest BCUT2D eigenvalue weighted by Gasteiger charge is -2.21. The first-order chi connectivity index (χ1) is 41.9. The molecule has 0 radical (unpaired) electrons. The Bertz CT molecular complexity index is 1700. The quantitative estimate of drug-likeness (QED) is 0.0222. The molecule has 0 spiro atoms. The van der Waals surface area contributed by atoms with Crippen molar-refractivity contribution in [2.75, 3.05) is 39.6 Å². The van der Waals surface area contributed by atoms with Crippen molar-refractivity contribution in [3.05, 3.63) is 0 Å². The van der Waals surface area contributed by atoms with Crippen molar-refractivity contribution in [2.45, 2.75) is 362 Å². The summed E-state index contributed by atoms with van der Waals surface area (Å²) >= 11 is 0. The molecule has 0 aromatic heterocycles. The lowest BCUT2D eigenvalue weighted by atomic mass is 10.0. The summed E-state index contributed by atoms with van der Waals surface area (Å²) in [6, 6.07) is 0. The fourth-order valence-electron chi connectivity index (χ4n) is 10.2. The van der Waals surface area contributed by atoms with E-state index >= 15 is 0 Å². The predicted octanol–water partition coefficient (Wildman–Crippen LogP) is 19.2. The average molecular weight is 1280 g/mol. The molecule has 2 unspecified atom stereocenters. The van der Waals surface area contributed by atoms with Gasteiger partial charge in [-0.05, 0) is 37.5 Å². The molecule has 516 valence electrons. The number of rotatable bonds is 67. The molecule has 0 aliphatic rings. The molecule has 87 heavy (non-hydrogen) atoms. The van der Waals surface area contributed by atoms with Gasteiger partial charge in [-0.3, -0.25) is 37.3 Å². The van der Waals surface area contributed by atoms with Crippen LogP contribution in [0.1, 0.15) is 343 Å². The molecule has 0 amide bonds. The van der Waals surface area contributed by atoms with Gasteiger partial charge in [-0.15, -0.1) is 0 Å². The van der Waals surface area contributed by atoms with Gasteiger partial charge < -0.3 is 33.8 Å². The Balaban J connectivity index is 5.16. The van der Waals surface area contributed by atoms with E-state index in [1.165, 1.54) is 154 Å². The Kier molecular flexibility index (Phi) is 59.0. The highest BCUT2D eigenvalue weighted by Crippen LogP contribution is 2.45. The fourth-order valence-corrected chi connectivity index (χ4v) is 11.8. The average Bonchev–Trinajstić information content (AvgIpc) is 3.55. The van der Waals surface area contributed by atoms with Gasteiger partial charge in [-0.2, -0.15) is 0 Å². The van der Waals surface area contributed by atoms with E-state index in [1.807, 2.05) is 0 Å². The molecule has 0 aliphatic heterocycles. The number of esters is 4. The molecule has 19 heteroatoms. The number of aliphatic hydroxyl groups is 1. The van der Waals surface area contributed by atoms with Crippen molar-refractivity contribution in [1.82, 2.24) is 0 Å². The molecule has 0 aromatic rings. The van der Waals surface area contributed by atoms with Crippen LogP contribution in [0.15, 0.2) is 0 Å². The van der Waals surface area contributed by atoms with Crippen molar-refractivity contribution in [3.8, 4) is 0 Å². The van der Waals surface area contributed by atoms with Gasteiger partial charge in [0.25, 0.3) is 0 Å². The Morgan fingerprint density at radius 2 is 0.529 bits per heavy atom. The summed E-state index contributed by atoms with van der Waals surface area (Å²) in [5, 5.41) is 10.5. The maximum absolute atomic E-state index is 13.0. The maximum Gasteiger partial charge on any atom is 0.472 e. The highest BCUT2D eigenvalue weighted by Gasteiger charge is 2.30. The number of phosphoric acid groups is 2. The van der Waals surface area contributed by atoms with E-state index in [2.05, 4.69) is 41.5 Å². The second kappa shape index (κ2) is 60.3. The number of carbonyl (C=O) groups is 4. The van der Waals surface area contributed by atoms with Crippen LogP contribution in [0.3, 0.4) is 0 Å². The third kappa shape index (κ3) is 62.6. The topological polar surface area (TPSA) is 237 Å². The predicted molar refractivity (Wildman–Crippen MR) is 349 cm³/mol. The third-order valence-corrected chi connectivity index (χ3v) is 17.6. The van der Waals surface area contributed by atoms with Crippen molar-refractivity contribution >= 4 is 39.5 Å². The molecule has 17 nitrogen and oxygen atoms in total. The summed E-state index contributed by atoms with van der Waals surface area (Å²) in [4.78, 5) is 72.1. The number of carbonyl (C=O) groups excluding carboxylic acids is 4. The first-order valence-corrected chi connectivity index (χ1v) is 38.5. The zero-order valence-corrected chi connectivity index (χ0v) is 58.1. The summed E-state index contributed by atoms with van der Waals surface area (Å²) in [6.45, 7) is 9.47. The number of hydrogen-bond donors (Lipinski definition) is 3. The monoisotopic (exact) mass is 1280 g/mol. The normalized spacial score (nSPS) is 14.2. The minimum Gasteiger partial charge on any atom is -0.462 e. The summed E-state index contributed by atoms with van der Waals surface area (Å²) in [7, 11) is -9.88. The van der Waals surface area contributed by atoms with Crippen LogP contribution >= 0.6 is 15.6 Å². The van der Waals surface area contributed by atoms with Crippen LogP contribution in [-0.4, -0.2) is 96.7 Å². The fraction of sp³-hybridized carbons (Fsp3) is 0.941. The lowest BCUT2D eigenvalue weighted by molar-refractivity contribution is -0.161. The van der Waals surface area contributed by atoms with Gasteiger partial charge in [0.2, 0.25) is 0 Å². The minimum absolute atomic E-state index is 0.105. The Labute approximate surface area is 530 Å². The molecule has 0 aliphatic carbocycles. The van der Waals surface area contributed by atoms with Gasteiger partial charge >= 0.3 is 39.5 Å². The molecule has 0 saturated heterocycles. The highest BCUT2D eigenvalue weighted by molar-refractivity contribution is 7.47. The van der Waals surface area contributed by atoms with Crippen LogP contribution in [0.25, 0.3) is 0 Å². The number of unbranched alkanes of at least 4 members (excludes halogenated alkanes) is 37. The van der Waals surface area contributed by atoms with Gasteiger partial charge in [-0.25, -0.2) is 9.13 Å². The number of aliphatic hydroxyl groups excluding tert-OH is 1. The van der Waals surface area contributed by atoms with Crippen molar-refractivity contribution in [1.29, 1.82) is 0 Å². The van der Waals surface area contributed by atoms with Gasteiger partial charge in [-0.1, -0.05) is 292 Å². The molecule has 0 fully saturated rings. The standard InChI is InChI=1S/C68H132O17P2/c1-7-9-11-13-14-15-28-34-40-46-52-67(72)84-63(56-78-65(70)50-44-36-12-10-8-2)58-82-86(74,75)80-54-62(69)55-81-87(76,77)83-59-64(85-68(73)53-47-41-35-30-25-21-17-19-23-27-32-38-43-49-61(5)6)57-79-66(71)51-45-39-33-29-24-20-16-18-22-26-31-37-42-48-60(3)4/h60-64,69H,7-59H2,1-6H3,(H,74,75)(H,76,77)/t62-,63+,64+/m0/s1. The van der Waals surface area contributed by atoms with Crippen LogP contribution in [0.4, 0.5) is 0 Å². The van der Waals surface area contributed by atoms with Crippen molar-refractivity contribution in [2.24, 2.45) is 11.8 Å². The van der Waals surface area contributed by atoms with Crippen LogP contribution in [0.2, 0.25) is 0 Å². The van der Waals surface area contributed by atoms with Gasteiger partial charge in [0.15, 0.2) is 12.2 Å². The van der Waals surface area contributed by atoms with Crippen LogP contribution in [0, 0.1) is 11.8 Å². The van der Waals surface area contributed by atoms with E-state index in [0.29, 0.717) is 25.7 Å². The second-order valence-corrected chi connectivity index (χ2v) is 28.4. The molecule has 0 aromatic carbocycles. The Morgan fingerprint density at radius 3 is 0.782 bits per heavy atom. The van der Waals surface area contributed by atoms with E-state index in [4.69, 9.17) is 37.0 Å². The molecule has 3 N–H and O–H groups in total. The maximum atomic E-state index is 13.0. The molecule has 0 bridgehead atoms. The summed E-state index contributed by atoms with van der Waals surface area (Å²) < 4.78 is 68.0. The highest BCUT2D eigenvalue weighted by atomic mass is 31.2. The van der Waals surface area contributed by atoms with E-state index in [9.17, 15) is 43.2 Å². The van der Waals surface area contributed by atoms with Crippen LogP contribution < -0.4 is 0 Å². The summed E-state index contributed by atoms with van der Waals surface area (Å²) in [6.07, 6.45) is 44.8. The van der Waals surface area contributed by atoms with Crippen molar-refractivity contribution < 1.29 is 80.2 Å². The minimum atomic E-state index is -4.95. The second-order valence-electron chi connectivity index (χ2n) is 25.5.